The summed E-state index contributed by atoms with van der Waals surface area (Å²) in [6.45, 7) is 12.1. The van der Waals surface area contributed by atoms with E-state index in [1.54, 1.807) is 12.3 Å². The molecule has 2 aromatic heterocycles. The van der Waals surface area contributed by atoms with Crippen molar-refractivity contribution in [3.63, 3.8) is 0 Å². The largest absolute Gasteiger partial charge is 0.368 e. The molecule has 2 saturated heterocycles. The molecule has 16 nitrogen and oxygen atoms in total. The minimum absolute atomic E-state index is 0.0360. The molecule has 338 valence electrons. The summed E-state index contributed by atoms with van der Waals surface area (Å²) < 4.78 is 0. The van der Waals surface area contributed by atoms with Gasteiger partial charge >= 0.3 is 0 Å². The van der Waals surface area contributed by atoms with E-state index in [1.807, 2.05) is 52.1 Å². The van der Waals surface area contributed by atoms with Gasteiger partial charge < -0.3 is 38.5 Å². The number of unbranched alkanes of at least 4 members (excludes halogenated alkanes) is 2. The minimum Gasteiger partial charge on any atom is -0.368 e. The number of amides is 5. The number of carbonyl (C=O) groups excluding carboxylic acids is 5. The smallest absolute Gasteiger partial charge is 0.253 e. The van der Waals surface area contributed by atoms with Crippen molar-refractivity contribution in [1.29, 1.82) is 0 Å². The Kier molecular flexibility index (Phi) is 20.5. The van der Waals surface area contributed by atoms with E-state index in [-0.39, 0.29) is 24.7 Å². The second kappa shape index (κ2) is 25.4. The van der Waals surface area contributed by atoms with E-state index in [2.05, 4.69) is 42.1 Å². The second-order valence-electron chi connectivity index (χ2n) is 17.7. The van der Waals surface area contributed by atoms with E-state index in [0.29, 0.717) is 75.8 Å². The molecule has 2 aliphatic rings. The number of carbonyl (C=O) groups is 5. The number of hydrogen-bond acceptors (Lipinski definition) is 11. The molecular formula is C45H73N11O5. The Labute approximate surface area is 362 Å². The van der Waals surface area contributed by atoms with E-state index < -0.39 is 53.7 Å². The Balaban J connectivity index is 1.41. The maximum absolute atomic E-state index is 14.0. The lowest BCUT2D eigenvalue weighted by Gasteiger charge is -2.34. The first-order valence-electron chi connectivity index (χ1n) is 22.5. The molecule has 0 spiro atoms. The second-order valence-corrected chi connectivity index (χ2v) is 17.7. The predicted molar refractivity (Wildman–Crippen MR) is 236 cm³/mol. The Morgan fingerprint density at radius 3 is 1.62 bits per heavy atom. The fraction of sp³-hybridized carbons (Fsp3) is 0.667. The van der Waals surface area contributed by atoms with Gasteiger partial charge in [0.2, 0.25) is 23.6 Å². The number of nitrogens with one attached hydrogen (secondary N) is 4. The molecule has 4 heterocycles. The number of nitrogens with two attached hydrogens (primary N) is 3. The zero-order chi connectivity index (χ0) is 44.3. The van der Waals surface area contributed by atoms with Crippen LogP contribution in [0.25, 0.3) is 0 Å². The van der Waals surface area contributed by atoms with Crippen LogP contribution in [0.5, 0.6) is 0 Å². The number of nitrogens with zero attached hydrogens (tertiary/aromatic N) is 4. The molecular weight excluding hydrogens is 775 g/mol. The summed E-state index contributed by atoms with van der Waals surface area (Å²) in [7, 11) is 0. The molecule has 16 heteroatoms. The molecule has 61 heavy (non-hydrogen) atoms. The molecule has 6 atom stereocenters. The lowest BCUT2D eigenvalue weighted by Crippen LogP contribution is -2.58. The van der Waals surface area contributed by atoms with Gasteiger partial charge in [-0.1, -0.05) is 33.8 Å². The van der Waals surface area contributed by atoms with Crippen molar-refractivity contribution in [3.8, 4) is 0 Å². The molecule has 2 aromatic rings. The van der Waals surface area contributed by atoms with Gasteiger partial charge in [0.25, 0.3) is 5.91 Å². The van der Waals surface area contributed by atoms with E-state index in [1.165, 1.54) is 6.42 Å². The van der Waals surface area contributed by atoms with Crippen LogP contribution >= 0.6 is 0 Å². The average molecular weight is 848 g/mol. The van der Waals surface area contributed by atoms with Crippen LogP contribution in [0.15, 0.2) is 42.7 Å². The number of likely N-dealkylation sites (tertiary alicyclic amines) is 2. The van der Waals surface area contributed by atoms with Crippen molar-refractivity contribution in [2.24, 2.45) is 29.0 Å². The number of hydrogen-bond donors (Lipinski definition) is 7. The Morgan fingerprint density at radius 2 is 1.16 bits per heavy atom. The van der Waals surface area contributed by atoms with Crippen molar-refractivity contribution in [1.82, 2.24) is 41.0 Å². The monoisotopic (exact) mass is 848 g/mol. The molecule has 2 aliphatic heterocycles. The van der Waals surface area contributed by atoms with Crippen LogP contribution in [0.4, 0.5) is 0 Å². The summed E-state index contributed by atoms with van der Waals surface area (Å²) in [4.78, 5) is 81.5. The minimum atomic E-state index is -1.01. The van der Waals surface area contributed by atoms with Crippen molar-refractivity contribution >= 4 is 29.5 Å². The standard InChI is InChI=1S/C45H73N11O5/c1-30(2)25-37(41(48)57)53-44(60)36(15-6-9-21-47)51-43(59)35(14-5-8-20-46)52-45(61)38(26-31(3)4)54-42(58)32-18-19-34(50-27-32)29-56-24-12-17-40(56)39-16-11-23-55(39)28-33-13-7-10-22-49-33/h7,10,13,18-19,22,27,30-31,35-40H,5-6,8-9,11-12,14-17,20-21,23-26,28-29,46-47H2,1-4H3,(H2,48,57)(H,51,59)(H,52,61)(H,53,60)(H,54,58)/t35-,36-,37-,38-,39-,40-/m0/s1. The number of primary amides is 1. The first-order valence-corrected chi connectivity index (χ1v) is 22.5. The van der Waals surface area contributed by atoms with E-state index in [0.717, 1.165) is 50.3 Å². The molecule has 0 radical (unpaired) electrons. The van der Waals surface area contributed by atoms with Crippen LogP contribution in [-0.4, -0.2) is 112 Å². The first-order chi connectivity index (χ1) is 29.3. The van der Waals surface area contributed by atoms with Crippen molar-refractivity contribution in [2.75, 3.05) is 26.2 Å². The molecule has 0 unspecified atom stereocenters. The summed E-state index contributed by atoms with van der Waals surface area (Å²) in [6.07, 6.45) is 11.6. The van der Waals surface area contributed by atoms with Gasteiger partial charge in [-0.25, -0.2) is 0 Å². The lowest BCUT2D eigenvalue weighted by molar-refractivity contribution is -0.134. The molecule has 0 aliphatic carbocycles. The maximum atomic E-state index is 14.0. The third-order valence-corrected chi connectivity index (χ3v) is 11.7. The van der Waals surface area contributed by atoms with Gasteiger partial charge in [-0.3, -0.25) is 43.7 Å². The quantitative estimate of drug-likeness (QED) is 0.0679. The van der Waals surface area contributed by atoms with E-state index >= 15 is 0 Å². The third kappa shape index (κ3) is 16.0. The van der Waals surface area contributed by atoms with Gasteiger partial charge in [0, 0.05) is 37.6 Å². The number of pyridine rings is 2. The Hall–Kier alpha value is -4.51. The highest BCUT2D eigenvalue weighted by Gasteiger charge is 2.38. The zero-order valence-electron chi connectivity index (χ0n) is 37.0. The zero-order valence-corrected chi connectivity index (χ0v) is 37.0. The highest BCUT2D eigenvalue weighted by molar-refractivity contribution is 5.98. The lowest BCUT2D eigenvalue weighted by atomic mass is 10.0. The van der Waals surface area contributed by atoms with Gasteiger partial charge in [-0.2, -0.15) is 0 Å². The SMILES string of the molecule is CC(C)C[C@H](NC(=O)[C@H](CCCCN)NC(=O)[C@H](CCCCN)NC(=O)[C@H](CC(C)C)NC(=O)c1ccc(CN2CCC[C@H]2[C@@H]2CCCN2Cc2ccccn2)nc1)C(N)=O. The Bertz CT molecular complexity index is 1680. The van der Waals surface area contributed by atoms with Crippen LogP contribution in [-0.2, 0) is 32.3 Å². The summed E-state index contributed by atoms with van der Waals surface area (Å²) >= 11 is 0. The van der Waals surface area contributed by atoms with Crippen LogP contribution in [0.1, 0.15) is 126 Å². The van der Waals surface area contributed by atoms with Crippen molar-refractivity contribution < 1.29 is 24.0 Å². The summed E-state index contributed by atoms with van der Waals surface area (Å²) in [6, 6.07) is 6.75. The fourth-order valence-corrected chi connectivity index (χ4v) is 8.53. The highest BCUT2D eigenvalue weighted by Crippen LogP contribution is 2.32. The van der Waals surface area contributed by atoms with Gasteiger partial charge in [-0.15, -0.1) is 0 Å². The van der Waals surface area contributed by atoms with Crippen molar-refractivity contribution in [2.45, 2.75) is 154 Å². The van der Waals surface area contributed by atoms with Crippen LogP contribution in [0.2, 0.25) is 0 Å². The van der Waals surface area contributed by atoms with E-state index in [4.69, 9.17) is 22.2 Å². The van der Waals surface area contributed by atoms with Crippen LogP contribution in [0.3, 0.4) is 0 Å². The molecule has 0 aromatic carbocycles. The Morgan fingerprint density at radius 1 is 0.656 bits per heavy atom. The van der Waals surface area contributed by atoms with Gasteiger partial charge in [0.1, 0.15) is 24.2 Å². The third-order valence-electron chi connectivity index (χ3n) is 11.7. The maximum Gasteiger partial charge on any atom is 0.253 e. The molecule has 0 saturated carbocycles. The first kappa shape index (κ1) is 49.1. The fourth-order valence-electron chi connectivity index (χ4n) is 8.53. The topological polar surface area (TPSA) is 244 Å². The molecule has 10 N–H and O–H groups in total. The van der Waals surface area contributed by atoms with Gasteiger partial charge in [0.05, 0.1) is 17.0 Å². The van der Waals surface area contributed by atoms with Gasteiger partial charge in [-0.05, 0) is 139 Å². The molecule has 2 fully saturated rings. The van der Waals surface area contributed by atoms with Crippen LogP contribution in [0, 0.1) is 11.8 Å². The normalized spacial score (nSPS) is 19.0. The summed E-state index contributed by atoms with van der Waals surface area (Å²) in [5.74, 6) is -2.59. The van der Waals surface area contributed by atoms with Crippen LogP contribution < -0.4 is 38.5 Å². The number of aromatic nitrogens is 2. The summed E-state index contributed by atoms with van der Waals surface area (Å²) in [5, 5.41) is 11.3. The average Bonchev–Trinajstić information content (AvgIpc) is 3.88. The van der Waals surface area contributed by atoms with E-state index in [9.17, 15) is 24.0 Å². The molecule has 4 rings (SSSR count). The molecule has 0 bridgehead atoms. The molecule has 5 amide bonds. The number of rotatable bonds is 26. The van der Waals surface area contributed by atoms with Gasteiger partial charge in [0.15, 0.2) is 0 Å². The predicted octanol–water partition coefficient (Wildman–Crippen LogP) is 2.49. The summed E-state index contributed by atoms with van der Waals surface area (Å²) in [5.41, 5.74) is 19.4. The highest BCUT2D eigenvalue weighted by atomic mass is 16.2. The van der Waals surface area contributed by atoms with Crippen molar-refractivity contribution in [3.05, 3.63) is 59.7 Å².